The fourth-order valence-electron chi connectivity index (χ4n) is 3.92. The van der Waals surface area contributed by atoms with Gasteiger partial charge in [0.2, 0.25) is 0 Å². The number of hydrogen-bond acceptors (Lipinski definition) is 2. The van der Waals surface area contributed by atoms with Crippen LogP contribution in [-0.4, -0.2) is 10.9 Å². The Morgan fingerprint density at radius 3 is 2.32 bits per heavy atom. The molecular formula is C20H30O2. The van der Waals surface area contributed by atoms with Crippen LogP contribution < -0.4 is 0 Å². The van der Waals surface area contributed by atoms with E-state index in [4.69, 9.17) is 0 Å². The van der Waals surface area contributed by atoms with Gasteiger partial charge in [-0.15, -0.1) is 0 Å². The van der Waals surface area contributed by atoms with Gasteiger partial charge < -0.3 is 5.11 Å². The van der Waals surface area contributed by atoms with E-state index in [-0.39, 0.29) is 5.41 Å². The summed E-state index contributed by atoms with van der Waals surface area (Å²) >= 11 is 0. The molecule has 0 aromatic heterocycles. The van der Waals surface area contributed by atoms with Crippen molar-refractivity contribution in [1.82, 2.24) is 0 Å². The van der Waals surface area contributed by atoms with E-state index in [0.29, 0.717) is 17.5 Å². The van der Waals surface area contributed by atoms with Gasteiger partial charge in [-0.1, -0.05) is 51.7 Å². The average Bonchev–Trinajstić information content (AvgIpc) is 2.52. The molecule has 0 amide bonds. The highest BCUT2D eigenvalue weighted by atomic mass is 16.3. The fourth-order valence-corrected chi connectivity index (χ4v) is 3.92. The molecule has 1 fully saturated rings. The van der Waals surface area contributed by atoms with E-state index in [1.165, 1.54) is 37.7 Å². The number of unbranched alkanes of at least 4 members (excludes halogenated alkanes) is 3. The van der Waals surface area contributed by atoms with Crippen LogP contribution in [-0.2, 0) is 10.2 Å². The van der Waals surface area contributed by atoms with E-state index >= 15 is 0 Å². The molecule has 1 atom stereocenters. The summed E-state index contributed by atoms with van der Waals surface area (Å²) in [6, 6.07) is 7.75. The molecule has 0 saturated heterocycles. The van der Waals surface area contributed by atoms with Crippen molar-refractivity contribution in [3.63, 3.8) is 0 Å². The minimum atomic E-state index is 0.127. The number of Topliss-reactive ketones (excluding diaryl/α,β-unsaturated/α-hetero) is 1. The highest BCUT2D eigenvalue weighted by Gasteiger charge is 2.37. The number of hydrogen-bond donors (Lipinski definition) is 1. The summed E-state index contributed by atoms with van der Waals surface area (Å²) in [4.78, 5) is 11.6. The van der Waals surface area contributed by atoms with E-state index in [1.54, 1.807) is 12.1 Å². The molecule has 1 aromatic rings. The molecule has 1 N–H and O–H groups in total. The van der Waals surface area contributed by atoms with Crippen molar-refractivity contribution in [2.24, 2.45) is 5.92 Å². The van der Waals surface area contributed by atoms with Crippen LogP contribution in [0.1, 0.15) is 77.2 Å². The zero-order valence-electron chi connectivity index (χ0n) is 14.1. The molecule has 1 unspecified atom stereocenters. The van der Waals surface area contributed by atoms with E-state index in [0.717, 1.165) is 25.7 Å². The SMILES string of the molecule is CCCCCCC(C)(c1ccc(O)cc1)C1CCC(=O)CC1. The zero-order valence-corrected chi connectivity index (χ0v) is 14.1. The molecule has 1 aliphatic carbocycles. The van der Waals surface area contributed by atoms with Gasteiger partial charge in [0, 0.05) is 12.8 Å². The minimum absolute atomic E-state index is 0.127. The molecular weight excluding hydrogens is 272 g/mol. The Hall–Kier alpha value is -1.31. The van der Waals surface area contributed by atoms with Gasteiger partial charge in [0.1, 0.15) is 11.5 Å². The maximum Gasteiger partial charge on any atom is 0.132 e. The number of aromatic hydroxyl groups is 1. The number of phenolic OH excluding ortho intramolecular Hbond substituents is 1. The van der Waals surface area contributed by atoms with Crippen LogP contribution in [0.4, 0.5) is 0 Å². The van der Waals surface area contributed by atoms with E-state index in [1.807, 2.05) is 0 Å². The first kappa shape index (κ1) is 17.1. The van der Waals surface area contributed by atoms with Crippen LogP contribution in [0.15, 0.2) is 24.3 Å². The molecule has 2 nitrogen and oxygen atoms in total. The predicted octanol–water partition coefficient (Wildman–Crippen LogP) is 5.38. The number of benzene rings is 1. The second-order valence-corrected chi connectivity index (χ2v) is 7.09. The Morgan fingerprint density at radius 1 is 1.09 bits per heavy atom. The smallest absolute Gasteiger partial charge is 0.132 e. The second kappa shape index (κ2) is 7.80. The van der Waals surface area contributed by atoms with Crippen molar-refractivity contribution in [2.45, 2.75) is 77.0 Å². The van der Waals surface area contributed by atoms with Gasteiger partial charge in [-0.25, -0.2) is 0 Å². The summed E-state index contributed by atoms with van der Waals surface area (Å²) in [6.07, 6.45) is 9.79. The van der Waals surface area contributed by atoms with E-state index in [2.05, 4.69) is 26.0 Å². The molecule has 2 rings (SSSR count). The van der Waals surface area contributed by atoms with Crippen LogP contribution in [0.25, 0.3) is 0 Å². The number of carbonyl (C=O) groups is 1. The fraction of sp³-hybridized carbons (Fsp3) is 0.650. The first-order chi connectivity index (χ1) is 10.6. The summed E-state index contributed by atoms with van der Waals surface area (Å²) in [5, 5.41) is 9.57. The van der Waals surface area contributed by atoms with Crippen molar-refractivity contribution < 1.29 is 9.90 Å². The third-order valence-corrected chi connectivity index (χ3v) is 5.52. The van der Waals surface area contributed by atoms with Crippen LogP contribution in [0.5, 0.6) is 5.75 Å². The summed E-state index contributed by atoms with van der Waals surface area (Å²) in [6.45, 7) is 4.61. The van der Waals surface area contributed by atoms with Crippen LogP contribution in [0.2, 0.25) is 0 Å². The maximum absolute atomic E-state index is 11.6. The lowest BCUT2D eigenvalue weighted by atomic mass is 9.64. The molecule has 0 aliphatic heterocycles. The average molecular weight is 302 g/mol. The number of ketones is 1. The Bertz CT molecular complexity index is 467. The Labute approximate surface area is 134 Å². The Morgan fingerprint density at radius 2 is 1.73 bits per heavy atom. The molecule has 0 heterocycles. The quantitative estimate of drug-likeness (QED) is 0.687. The number of rotatable bonds is 7. The molecule has 1 aliphatic rings. The summed E-state index contributed by atoms with van der Waals surface area (Å²) in [7, 11) is 0. The standard InChI is InChI=1S/C20H30O2/c1-3-4-5-6-15-20(2,16-7-11-18(21)12-8-16)17-9-13-19(22)14-10-17/h7-8,11-12,17,21H,3-6,9-10,13-15H2,1-2H3. The third-order valence-electron chi connectivity index (χ3n) is 5.52. The lowest BCUT2D eigenvalue weighted by molar-refractivity contribution is -0.121. The predicted molar refractivity (Wildman–Crippen MR) is 91.2 cm³/mol. The van der Waals surface area contributed by atoms with Gasteiger partial charge in [-0.3, -0.25) is 4.79 Å². The lowest BCUT2D eigenvalue weighted by Gasteiger charge is -2.40. The first-order valence-corrected chi connectivity index (χ1v) is 8.87. The monoisotopic (exact) mass is 302 g/mol. The number of phenols is 1. The molecule has 0 radical (unpaired) electrons. The topological polar surface area (TPSA) is 37.3 Å². The van der Waals surface area contributed by atoms with Gasteiger partial charge in [-0.05, 0) is 48.3 Å². The summed E-state index contributed by atoms with van der Waals surface area (Å²) in [5.74, 6) is 1.34. The Kier molecular flexibility index (Phi) is 6.05. The van der Waals surface area contributed by atoms with Crippen LogP contribution in [0.3, 0.4) is 0 Å². The largest absolute Gasteiger partial charge is 0.508 e. The lowest BCUT2D eigenvalue weighted by Crippen LogP contribution is -2.35. The summed E-state index contributed by atoms with van der Waals surface area (Å²) < 4.78 is 0. The van der Waals surface area contributed by atoms with Gasteiger partial charge in [0.05, 0.1) is 0 Å². The van der Waals surface area contributed by atoms with Crippen molar-refractivity contribution >= 4 is 5.78 Å². The van der Waals surface area contributed by atoms with E-state index in [9.17, 15) is 9.90 Å². The molecule has 2 heteroatoms. The summed E-state index contributed by atoms with van der Waals surface area (Å²) in [5.41, 5.74) is 1.45. The van der Waals surface area contributed by atoms with Crippen molar-refractivity contribution in [3.05, 3.63) is 29.8 Å². The first-order valence-electron chi connectivity index (χ1n) is 8.87. The highest BCUT2D eigenvalue weighted by molar-refractivity contribution is 5.79. The third kappa shape index (κ3) is 4.12. The second-order valence-electron chi connectivity index (χ2n) is 7.09. The minimum Gasteiger partial charge on any atom is -0.508 e. The van der Waals surface area contributed by atoms with Crippen molar-refractivity contribution in [2.75, 3.05) is 0 Å². The van der Waals surface area contributed by atoms with Crippen LogP contribution in [0, 0.1) is 5.92 Å². The van der Waals surface area contributed by atoms with Crippen LogP contribution >= 0.6 is 0 Å². The maximum atomic E-state index is 11.6. The van der Waals surface area contributed by atoms with Gasteiger partial charge in [-0.2, -0.15) is 0 Å². The molecule has 22 heavy (non-hydrogen) atoms. The van der Waals surface area contributed by atoms with Gasteiger partial charge in [0.25, 0.3) is 0 Å². The van der Waals surface area contributed by atoms with Gasteiger partial charge >= 0.3 is 0 Å². The molecule has 0 spiro atoms. The molecule has 1 aromatic carbocycles. The molecule has 1 saturated carbocycles. The van der Waals surface area contributed by atoms with E-state index < -0.39 is 0 Å². The zero-order chi connectivity index (χ0) is 16.0. The molecule has 0 bridgehead atoms. The van der Waals surface area contributed by atoms with Gasteiger partial charge in [0.15, 0.2) is 0 Å². The highest BCUT2D eigenvalue weighted by Crippen LogP contribution is 2.44. The normalized spacial score (nSPS) is 19.1. The molecule has 122 valence electrons. The Balaban J connectivity index is 2.15. The number of carbonyl (C=O) groups excluding carboxylic acids is 1. The van der Waals surface area contributed by atoms with Crippen molar-refractivity contribution in [1.29, 1.82) is 0 Å². The van der Waals surface area contributed by atoms with Crippen molar-refractivity contribution in [3.8, 4) is 5.75 Å².